The van der Waals surface area contributed by atoms with E-state index in [9.17, 15) is 0 Å². The zero-order chi connectivity index (χ0) is 16.6. The summed E-state index contributed by atoms with van der Waals surface area (Å²) in [5.41, 5.74) is 4.26. The first-order chi connectivity index (χ1) is 11.0. The van der Waals surface area contributed by atoms with Crippen LogP contribution in [-0.2, 0) is 13.6 Å². The summed E-state index contributed by atoms with van der Waals surface area (Å²) in [6, 6.07) is 5.69. The van der Waals surface area contributed by atoms with Crippen LogP contribution in [0.1, 0.15) is 17.0 Å². The number of aryl methyl sites for hydroxylation is 2. The molecular formula is C16H20N4O2S. The average Bonchev–Trinajstić information content (AvgIpc) is 3.07. The molecule has 0 bridgehead atoms. The van der Waals surface area contributed by atoms with Gasteiger partial charge in [-0.1, -0.05) is 0 Å². The van der Waals surface area contributed by atoms with E-state index in [4.69, 9.17) is 21.7 Å². The van der Waals surface area contributed by atoms with Crippen molar-refractivity contribution >= 4 is 23.0 Å². The third-order valence-corrected chi connectivity index (χ3v) is 4.44. The van der Waals surface area contributed by atoms with Gasteiger partial charge in [0.2, 0.25) is 6.79 Å². The molecule has 0 unspecified atom stereocenters. The highest BCUT2D eigenvalue weighted by molar-refractivity contribution is 7.80. The fraction of sp³-hybridized carbons (Fsp3) is 0.375. The zero-order valence-electron chi connectivity index (χ0n) is 13.7. The second-order valence-electron chi connectivity index (χ2n) is 5.63. The minimum atomic E-state index is 0.267. The van der Waals surface area contributed by atoms with Crippen molar-refractivity contribution < 1.29 is 9.47 Å². The van der Waals surface area contributed by atoms with Gasteiger partial charge in [0.25, 0.3) is 0 Å². The van der Waals surface area contributed by atoms with Crippen molar-refractivity contribution in [2.24, 2.45) is 7.05 Å². The molecule has 2 aromatic rings. The van der Waals surface area contributed by atoms with Crippen molar-refractivity contribution in [1.82, 2.24) is 14.7 Å². The summed E-state index contributed by atoms with van der Waals surface area (Å²) in [7, 11) is 3.92. The van der Waals surface area contributed by atoms with Crippen molar-refractivity contribution in [1.29, 1.82) is 0 Å². The van der Waals surface area contributed by atoms with Crippen molar-refractivity contribution in [3.05, 3.63) is 35.2 Å². The number of rotatable bonds is 3. The molecule has 1 aromatic heterocycles. The van der Waals surface area contributed by atoms with E-state index >= 15 is 0 Å². The molecule has 7 heteroatoms. The fourth-order valence-corrected chi connectivity index (χ4v) is 2.73. The molecule has 0 radical (unpaired) electrons. The minimum Gasteiger partial charge on any atom is -0.454 e. The van der Waals surface area contributed by atoms with Gasteiger partial charge in [0.1, 0.15) is 0 Å². The Balaban J connectivity index is 1.68. The molecule has 0 saturated carbocycles. The second-order valence-corrected chi connectivity index (χ2v) is 6.01. The molecule has 2 heterocycles. The number of nitrogens with zero attached hydrogens (tertiary/aromatic N) is 3. The molecule has 23 heavy (non-hydrogen) atoms. The molecule has 0 saturated heterocycles. The molecule has 0 amide bonds. The van der Waals surface area contributed by atoms with E-state index in [1.807, 2.05) is 48.8 Å². The van der Waals surface area contributed by atoms with Crippen LogP contribution < -0.4 is 14.8 Å². The first-order valence-electron chi connectivity index (χ1n) is 7.36. The Morgan fingerprint density at radius 3 is 2.78 bits per heavy atom. The summed E-state index contributed by atoms with van der Waals surface area (Å²) < 4.78 is 12.6. The first-order valence-corrected chi connectivity index (χ1v) is 7.77. The molecule has 1 N–H and O–H groups in total. The van der Waals surface area contributed by atoms with Crippen LogP contribution in [0.2, 0.25) is 0 Å². The number of hydrogen-bond donors (Lipinski definition) is 1. The fourth-order valence-electron chi connectivity index (χ4n) is 2.55. The number of ether oxygens (including phenoxy) is 2. The topological polar surface area (TPSA) is 51.6 Å². The van der Waals surface area contributed by atoms with Crippen LogP contribution in [0.25, 0.3) is 0 Å². The van der Waals surface area contributed by atoms with Gasteiger partial charge in [0.05, 0.1) is 5.69 Å². The van der Waals surface area contributed by atoms with E-state index in [-0.39, 0.29) is 6.79 Å². The summed E-state index contributed by atoms with van der Waals surface area (Å²) in [6.45, 7) is 5.06. The summed E-state index contributed by atoms with van der Waals surface area (Å²) in [5.74, 6) is 1.50. The van der Waals surface area contributed by atoms with Crippen LogP contribution in [0.15, 0.2) is 18.2 Å². The maximum Gasteiger partial charge on any atom is 0.231 e. The van der Waals surface area contributed by atoms with Crippen molar-refractivity contribution in [3.63, 3.8) is 0 Å². The van der Waals surface area contributed by atoms with Crippen LogP contribution in [0.4, 0.5) is 5.69 Å². The van der Waals surface area contributed by atoms with E-state index in [2.05, 4.69) is 17.3 Å². The Kier molecular flexibility index (Phi) is 4.12. The van der Waals surface area contributed by atoms with Crippen molar-refractivity contribution in [2.45, 2.75) is 20.4 Å². The van der Waals surface area contributed by atoms with Gasteiger partial charge in [-0.15, -0.1) is 0 Å². The van der Waals surface area contributed by atoms with Crippen molar-refractivity contribution in [2.75, 3.05) is 19.2 Å². The van der Waals surface area contributed by atoms with E-state index in [1.54, 1.807) is 0 Å². The number of benzene rings is 1. The second kappa shape index (κ2) is 6.08. The largest absolute Gasteiger partial charge is 0.454 e. The molecule has 1 aromatic carbocycles. The summed E-state index contributed by atoms with van der Waals surface area (Å²) in [5, 5.41) is 8.32. The lowest BCUT2D eigenvalue weighted by Crippen LogP contribution is -2.30. The van der Waals surface area contributed by atoms with Crippen LogP contribution in [0.5, 0.6) is 11.5 Å². The molecule has 6 nitrogen and oxygen atoms in total. The molecule has 0 atom stereocenters. The Morgan fingerprint density at radius 2 is 2.09 bits per heavy atom. The van der Waals surface area contributed by atoms with Crippen LogP contribution in [-0.4, -0.2) is 33.6 Å². The van der Waals surface area contributed by atoms with Gasteiger partial charge in [0, 0.05) is 43.7 Å². The summed E-state index contributed by atoms with van der Waals surface area (Å²) >= 11 is 5.49. The monoisotopic (exact) mass is 332 g/mol. The zero-order valence-corrected chi connectivity index (χ0v) is 14.5. The SMILES string of the molecule is Cc1nn(C)c(C)c1CN(C)C(=S)Nc1ccc2c(c1)OCO2. The molecule has 3 rings (SSSR count). The standard InChI is InChI=1S/C16H20N4O2S/c1-10-13(11(2)20(4)18-10)8-19(3)16(23)17-12-5-6-14-15(7-12)22-9-21-14/h5-7H,8-9H2,1-4H3,(H,17,23). The number of aromatic nitrogens is 2. The van der Waals surface area contributed by atoms with Gasteiger partial charge in [-0.3, -0.25) is 4.68 Å². The molecule has 122 valence electrons. The highest BCUT2D eigenvalue weighted by Gasteiger charge is 2.16. The van der Waals surface area contributed by atoms with E-state index in [0.29, 0.717) is 11.7 Å². The van der Waals surface area contributed by atoms with Crippen LogP contribution in [0, 0.1) is 13.8 Å². The number of hydrogen-bond acceptors (Lipinski definition) is 4. The van der Waals surface area contributed by atoms with E-state index in [1.165, 1.54) is 5.56 Å². The van der Waals surface area contributed by atoms with Gasteiger partial charge in [-0.2, -0.15) is 5.10 Å². The van der Waals surface area contributed by atoms with Crippen LogP contribution >= 0.6 is 12.2 Å². The Bertz CT molecular complexity index is 757. The third kappa shape index (κ3) is 3.10. The average molecular weight is 332 g/mol. The number of fused-ring (bicyclic) bond motifs is 1. The first kappa shape index (κ1) is 15.6. The minimum absolute atomic E-state index is 0.267. The normalized spacial score (nSPS) is 12.3. The van der Waals surface area contributed by atoms with Gasteiger partial charge in [0.15, 0.2) is 16.6 Å². The summed E-state index contributed by atoms with van der Waals surface area (Å²) in [6.07, 6.45) is 0. The third-order valence-electron chi connectivity index (χ3n) is 4.02. The lowest BCUT2D eigenvalue weighted by atomic mass is 10.2. The lowest BCUT2D eigenvalue weighted by Gasteiger charge is -2.21. The van der Waals surface area contributed by atoms with E-state index in [0.717, 1.165) is 28.6 Å². The number of thiocarbonyl (C=S) groups is 1. The Labute approximate surface area is 141 Å². The highest BCUT2D eigenvalue weighted by Crippen LogP contribution is 2.34. The maximum absolute atomic E-state index is 5.49. The highest BCUT2D eigenvalue weighted by atomic mass is 32.1. The van der Waals surface area contributed by atoms with Crippen LogP contribution in [0.3, 0.4) is 0 Å². The van der Waals surface area contributed by atoms with Gasteiger partial charge < -0.3 is 19.7 Å². The van der Waals surface area contributed by atoms with Gasteiger partial charge in [-0.25, -0.2) is 0 Å². The molecule has 0 fully saturated rings. The Morgan fingerprint density at radius 1 is 1.35 bits per heavy atom. The van der Waals surface area contributed by atoms with Gasteiger partial charge in [-0.05, 0) is 38.2 Å². The van der Waals surface area contributed by atoms with Crippen molar-refractivity contribution in [3.8, 4) is 11.5 Å². The van der Waals surface area contributed by atoms with Gasteiger partial charge >= 0.3 is 0 Å². The molecule has 1 aliphatic heterocycles. The summed E-state index contributed by atoms with van der Waals surface area (Å²) in [4.78, 5) is 2.00. The lowest BCUT2D eigenvalue weighted by molar-refractivity contribution is 0.174. The quantitative estimate of drug-likeness (QED) is 0.872. The number of anilines is 1. The maximum atomic E-state index is 5.49. The molecule has 1 aliphatic rings. The Hall–Kier alpha value is -2.28. The van der Waals surface area contributed by atoms with E-state index < -0.39 is 0 Å². The molecule has 0 spiro atoms. The predicted molar refractivity (Wildman–Crippen MR) is 92.9 cm³/mol. The molecular weight excluding hydrogens is 312 g/mol. The smallest absolute Gasteiger partial charge is 0.231 e. The predicted octanol–water partition coefficient (Wildman–Crippen LogP) is 2.59. The molecule has 0 aliphatic carbocycles. The number of nitrogens with one attached hydrogen (secondary N) is 1.